The Hall–Kier alpha value is -1.10. The zero-order chi connectivity index (χ0) is 12.8. The zero-order valence-corrected chi connectivity index (χ0v) is 10.4. The van der Waals surface area contributed by atoms with Gasteiger partial charge in [0.05, 0.1) is 0 Å². The molecule has 0 aromatic carbocycles. The van der Waals surface area contributed by atoms with Gasteiger partial charge in [-0.3, -0.25) is 4.79 Å². The van der Waals surface area contributed by atoms with Crippen LogP contribution in [0.1, 0.15) is 32.1 Å². The quantitative estimate of drug-likeness (QED) is 0.793. The van der Waals surface area contributed by atoms with Gasteiger partial charge in [0.15, 0.2) is 0 Å². The van der Waals surface area contributed by atoms with E-state index in [1.165, 1.54) is 0 Å². The molecule has 100 valence electrons. The molecule has 18 heavy (non-hydrogen) atoms. The van der Waals surface area contributed by atoms with Gasteiger partial charge in [0, 0.05) is 25.7 Å². The largest absolute Gasteiger partial charge is 0.480 e. The second-order valence-corrected chi connectivity index (χ2v) is 5.76. The van der Waals surface area contributed by atoms with Crippen LogP contribution in [0.5, 0.6) is 0 Å². The number of carboxylic acid groups (broad SMARTS) is 1. The molecular formula is C13H19NO4. The van der Waals surface area contributed by atoms with Crippen LogP contribution in [0.4, 0.5) is 0 Å². The van der Waals surface area contributed by atoms with Crippen LogP contribution in [0.3, 0.4) is 0 Å². The van der Waals surface area contributed by atoms with Crippen LogP contribution < -0.4 is 0 Å². The van der Waals surface area contributed by atoms with Crippen LogP contribution in [-0.4, -0.2) is 47.7 Å². The van der Waals surface area contributed by atoms with E-state index >= 15 is 0 Å². The molecule has 2 atom stereocenters. The van der Waals surface area contributed by atoms with Crippen LogP contribution in [0, 0.1) is 11.3 Å². The summed E-state index contributed by atoms with van der Waals surface area (Å²) in [5, 5.41) is 9.12. The van der Waals surface area contributed by atoms with Gasteiger partial charge in [-0.15, -0.1) is 0 Å². The zero-order valence-electron chi connectivity index (χ0n) is 10.4. The summed E-state index contributed by atoms with van der Waals surface area (Å²) >= 11 is 0. The Bertz CT molecular complexity index is 375. The summed E-state index contributed by atoms with van der Waals surface area (Å²) < 4.78 is 5.34. The van der Waals surface area contributed by atoms with E-state index in [4.69, 9.17) is 9.84 Å². The van der Waals surface area contributed by atoms with E-state index in [1.807, 2.05) is 0 Å². The molecule has 5 nitrogen and oxygen atoms in total. The van der Waals surface area contributed by atoms with E-state index in [2.05, 4.69) is 0 Å². The topological polar surface area (TPSA) is 66.8 Å². The molecule has 3 fully saturated rings. The molecule has 1 spiro atoms. The molecule has 1 aliphatic carbocycles. The lowest BCUT2D eigenvalue weighted by atomic mass is 9.93. The number of carbonyl (C=O) groups is 2. The molecule has 0 unspecified atom stereocenters. The molecule has 0 aromatic rings. The fourth-order valence-corrected chi connectivity index (χ4v) is 3.51. The minimum Gasteiger partial charge on any atom is -0.480 e. The fourth-order valence-electron chi connectivity index (χ4n) is 3.51. The van der Waals surface area contributed by atoms with Crippen molar-refractivity contribution >= 4 is 11.9 Å². The Morgan fingerprint density at radius 3 is 2.67 bits per heavy atom. The van der Waals surface area contributed by atoms with Crippen molar-refractivity contribution in [3.05, 3.63) is 0 Å². The van der Waals surface area contributed by atoms with Crippen molar-refractivity contribution in [3.8, 4) is 0 Å². The smallest absolute Gasteiger partial charge is 0.326 e. The number of likely N-dealkylation sites (tertiary alicyclic amines) is 1. The summed E-state index contributed by atoms with van der Waals surface area (Å²) in [6, 6.07) is -0.588. The van der Waals surface area contributed by atoms with Crippen molar-refractivity contribution in [2.45, 2.75) is 38.1 Å². The first kappa shape index (κ1) is 12.0. The van der Waals surface area contributed by atoms with Crippen LogP contribution in [0.15, 0.2) is 0 Å². The normalized spacial score (nSPS) is 33.7. The molecule has 0 radical (unpaired) electrons. The summed E-state index contributed by atoms with van der Waals surface area (Å²) in [6.45, 7) is 2.09. The molecule has 0 bridgehead atoms. The lowest BCUT2D eigenvalue weighted by Crippen LogP contribution is -2.42. The first-order valence-corrected chi connectivity index (χ1v) is 6.75. The summed E-state index contributed by atoms with van der Waals surface area (Å²) in [4.78, 5) is 25.1. The van der Waals surface area contributed by atoms with Gasteiger partial charge in [-0.25, -0.2) is 4.79 Å². The number of nitrogens with zero attached hydrogens (tertiary/aromatic N) is 1. The van der Waals surface area contributed by atoms with E-state index in [0.29, 0.717) is 13.0 Å². The van der Waals surface area contributed by atoms with Crippen molar-refractivity contribution < 1.29 is 19.4 Å². The molecule has 2 saturated heterocycles. The second kappa shape index (κ2) is 4.23. The lowest BCUT2D eigenvalue weighted by molar-refractivity contribution is -0.149. The summed E-state index contributed by atoms with van der Waals surface area (Å²) in [5.41, 5.74) is 0.140. The van der Waals surface area contributed by atoms with Crippen LogP contribution >= 0.6 is 0 Å². The van der Waals surface area contributed by atoms with Gasteiger partial charge >= 0.3 is 5.97 Å². The van der Waals surface area contributed by atoms with Crippen molar-refractivity contribution in [1.29, 1.82) is 0 Å². The Morgan fingerprint density at radius 1 is 1.28 bits per heavy atom. The summed E-state index contributed by atoms with van der Waals surface area (Å²) in [7, 11) is 0. The second-order valence-electron chi connectivity index (χ2n) is 5.76. The molecule has 2 aliphatic heterocycles. The van der Waals surface area contributed by atoms with Crippen molar-refractivity contribution in [3.63, 3.8) is 0 Å². The predicted octanol–water partition coefficient (Wildman–Crippen LogP) is 0.879. The highest BCUT2D eigenvalue weighted by molar-refractivity contribution is 5.88. The van der Waals surface area contributed by atoms with Gasteiger partial charge in [0.1, 0.15) is 6.04 Å². The van der Waals surface area contributed by atoms with E-state index in [-0.39, 0.29) is 17.2 Å². The van der Waals surface area contributed by atoms with E-state index in [0.717, 1.165) is 38.9 Å². The summed E-state index contributed by atoms with van der Waals surface area (Å²) in [6.07, 6.45) is 4.25. The number of amides is 1. The number of hydrogen-bond donors (Lipinski definition) is 1. The average molecular weight is 253 g/mol. The number of carboxylic acids is 1. The summed E-state index contributed by atoms with van der Waals surface area (Å²) in [5.74, 6) is -0.731. The third-order valence-corrected chi connectivity index (χ3v) is 4.80. The van der Waals surface area contributed by atoms with Crippen molar-refractivity contribution in [2.75, 3.05) is 19.8 Å². The van der Waals surface area contributed by atoms with Gasteiger partial charge in [0.2, 0.25) is 5.91 Å². The van der Waals surface area contributed by atoms with Crippen molar-refractivity contribution in [1.82, 2.24) is 4.90 Å². The van der Waals surface area contributed by atoms with E-state index < -0.39 is 12.0 Å². The third kappa shape index (κ3) is 1.81. The SMILES string of the molecule is O=C(O)[C@H]1CCCN1C(=O)[C@H]1CC12CCOCC2. The molecular weight excluding hydrogens is 234 g/mol. The molecule has 1 amide bonds. The molecule has 1 saturated carbocycles. The first-order chi connectivity index (χ1) is 8.64. The third-order valence-electron chi connectivity index (χ3n) is 4.80. The standard InChI is InChI=1S/C13H19NO4/c15-11(14-5-1-2-10(14)12(16)17)9-8-13(9)3-6-18-7-4-13/h9-10H,1-8H2,(H,16,17)/t9-,10-/m1/s1. The highest BCUT2D eigenvalue weighted by Gasteiger charge is 2.59. The minimum absolute atomic E-state index is 0.0568. The van der Waals surface area contributed by atoms with E-state index in [9.17, 15) is 9.59 Å². The lowest BCUT2D eigenvalue weighted by Gasteiger charge is -2.26. The van der Waals surface area contributed by atoms with Gasteiger partial charge in [-0.1, -0.05) is 0 Å². The van der Waals surface area contributed by atoms with Crippen LogP contribution in [-0.2, 0) is 14.3 Å². The Labute approximate surface area is 106 Å². The Morgan fingerprint density at radius 2 is 2.00 bits per heavy atom. The Balaban J connectivity index is 1.67. The van der Waals surface area contributed by atoms with Crippen LogP contribution in [0.25, 0.3) is 0 Å². The highest BCUT2D eigenvalue weighted by atomic mass is 16.5. The first-order valence-electron chi connectivity index (χ1n) is 6.75. The molecule has 3 aliphatic rings. The van der Waals surface area contributed by atoms with E-state index in [1.54, 1.807) is 4.90 Å². The molecule has 2 heterocycles. The molecule has 3 rings (SSSR count). The maximum atomic E-state index is 12.4. The minimum atomic E-state index is -0.859. The fraction of sp³-hybridized carbons (Fsp3) is 0.846. The van der Waals surface area contributed by atoms with Gasteiger partial charge < -0.3 is 14.7 Å². The maximum Gasteiger partial charge on any atom is 0.326 e. The number of carbonyl (C=O) groups excluding carboxylic acids is 1. The van der Waals surface area contributed by atoms with Crippen LogP contribution in [0.2, 0.25) is 0 Å². The molecule has 5 heteroatoms. The monoisotopic (exact) mass is 253 g/mol. The molecule has 0 aromatic heterocycles. The predicted molar refractivity (Wildman–Crippen MR) is 63.0 cm³/mol. The average Bonchev–Trinajstić information content (AvgIpc) is 2.86. The van der Waals surface area contributed by atoms with Crippen molar-refractivity contribution in [2.24, 2.45) is 11.3 Å². The number of rotatable bonds is 2. The van der Waals surface area contributed by atoms with Gasteiger partial charge in [-0.2, -0.15) is 0 Å². The van der Waals surface area contributed by atoms with Gasteiger partial charge in [-0.05, 0) is 37.5 Å². The maximum absolute atomic E-state index is 12.4. The highest BCUT2D eigenvalue weighted by Crippen LogP contribution is 2.60. The number of aliphatic carboxylic acids is 1. The Kier molecular flexibility index (Phi) is 2.81. The molecule has 1 N–H and O–H groups in total. The number of hydrogen-bond acceptors (Lipinski definition) is 3. The van der Waals surface area contributed by atoms with Gasteiger partial charge in [0.25, 0.3) is 0 Å². The number of ether oxygens (including phenoxy) is 1.